The van der Waals surface area contributed by atoms with E-state index in [4.69, 9.17) is 11.1 Å². The molecule has 0 bridgehead atoms. The third-order valence-corrected chi connectivity index (χ3v) is 3.64. The number of halogens is 1. The van der Waals surface area contributed by atoms with E-state index in [2.05, 4.69) is 32.8 Å². The first-order valence-corrected chi connectivity index (χ1v) is 7.66. The second-order valence-electron chi connectivity index (χ2n) is 4.57. The maximum Gasteiger partial charge on any atom is 0.126 e. The number of nitrogens with zero attached hydrogens (tertiary/aromatic N) is 2. The molecule has 7 heteroatoms. The summed E-state index contributed by atoms with van der Waals surface area (Å²) in [5.41, 5.74) is 7.02. The Morgan fingerprint density at radius 1 is 1.74 bits per heavy atom. The lowest BCUT2D eigenvalue weighted by atomic mass is 10.1. The summed E-state index contributed by atoms with van der Waals surface area (Å²) < 4.78 is 0.595. The van der Waals surface area contributed by atoms with Crippen molar-refractivity contribution in [2.24, 2.45) is 16.0 Å². The van der Waals surface area contributed by atoms with E-state index in [0.717, 1.165) is 5.70 Å². The summed E-state index contributed by atoms with van der Waals surface area (Å²) >= 11 is 2.12. The van der Waals surface area contributed by atoms with Gasteiger partial charge in [0.25, 0.3) is 0 Å². The molecule has 0 saturated heterocycles. The van der Waals surface area contributed by atoms with Crippen molar-refractivity contribution in [2.45, 2.75) is 31.5 Å². The lowest BCUT2D eigenvalue weighted by Crippen LogP contribution is -3.01. The van der Waals surface area contributed by atoms with Crippen LogP contribution in [0.1, 0.15) is 13.3 Å². The van der Waals surface area contributed by atoms with Crippen LogP contribution >= 0.6 is 22.6 Å². The van der Waals surface area contributed by atoms with Crippen LogP contribution in [0.2, 0.25) is 0 Å². The molecule has 6 nitrogen and oxygen atoms in total. The zero-order valence-corrected chi connectivity index (χ0v) is 13.3. The number of azo groups is 1. The van der Waals surface area contributed by atoms with E-state index in [-0.39, 0.29) is 23.2 Å². The second kappa shape index (κ2) is 7.83. The zero-order chi connectivity index (χ0) is 14.4. The van der Waals surface area contributed by atoms with Gasteiger partial charge in [0.2, 0.25) is 0 Å². The lowest BCUT2D eigenvalue weighted by Gasteiger charge is -2.20. The highest BCUT2D eigenvalue weighted by atomic mass is 127. The van der Waals surface area contributed by atoms with Crippen LogP contribution in [0.15, 0.2) is 34.2 Å². The summed E-state index contributed by atoms with van der Waals surface area (Å²) in [6.07, 6.45) is 6.18. The minimum atomic E-state index is -0.358. The Bertz CT molecular complexity index is 403. The first-order chi connectivity index (χ1) is 8.95. The summed E-state index contributed by atoms with van der Waals surface area (Å²) in [5, 5.41) is 27.5. The van der Waals surface area contributed by atoms with Gasteiger partial charge in [-0.05, 0) is 25.5 Å². The predicted molar refractivity (Wildman–Crippen MR) is 84.8 cm³/mol. The number of nitrogens with one attached hydrogen (secondary N) is 2. The van der Waals surface area contributed by atoms with Crippen molar-refractivity contribution in [1.29, 1.82) is 5.41 Å². The maximum absolute atomic E-state index is 11.2. The van der Waals surface area contributed by atoms with Gasteiger partial charge in [0.1, 0.15) is 11.7 Å². The van der Waals surface area contributed by atoms with Gasteiger partial charge in [-0.15, -0.1) is 0 Å². The molecule has 0 saturated carbocycles. The molecule has 1 aliphatic carbocycles. The SMILES string of the molecule is CC(N)C(N=NC1C=CC([NH+](C)[O-])=CC1)C(=N)CI. The first kappa shape index (κ1) is 16.4. The van der Waals surface area contributed by atoms with Gasteiger partial charge < -0.3 is 21.4 Å². The fraction of sp³-hybridized carbons (Fsp3) is 0.583. The van der Waals surface area contributed by atoms with Crippen LogP contribution < -0.4 is 10.8 Å². The molecule has 106 valence electrons. The van der Waals surface area contributed by atoms with E-state index >= 15 is 0 Å². The molecular weight excluding hydrogens is 357 g/mol. The standard InChI is InChI=1S/C12H20IN5O/c1-8(14)12(11(15)7-13)17-16-9-3-5-10(6-4-9)18(2)19/h3,5-6,8-9,12,15,18H,4,7,14H2,1-2H3. The number of rotatable bonds is 6. The molecule has 0 spiro atoms. The van der Waals surface area contributed by atoms with Crippen LogP contribution in [-0.2, 0) is 0 Å². The Hall–Kier alpha value is -0.640. The molecule has 0 aromatic rings. The molecule has 4 atom stereocenters. The molecule has 1 aliphatic rings. The number of hydrogen-bond donors (Lipinski definition) is 3. The topological polar surface area (TPSA) is 102 Å². The van der Waals surface area contributed by atoms with Crippen molar-refractivity contribution >= 4 is 28.3 Å². The van der Waals surface area contributed by atoms with Crippen molar-refractivity contribution in [3.05, 3.63) is 29.1 Å². The van der Waals surface area contributed by atoms with Crippen LogP contribution in [-0.4, -0.2) is 35.3 Å². The Morgan fingerprint density at radius 3 is 2.84 bits per heavy atom. The van der Waals surface area contributed by atoms with Crippen molar-refractivity contribution in [1.82, 2.24) is 0 Å². The highest BCUT2D eigenvalue weighted by molar-refractivity contribution is 14.1. The summed E-state index contributed by atoms with van der Waals surface area (Å²) in [6.45, 7) is 1.83. The molecule has 0 heterocycles. The molecule has 0 radical (unpaired) electrons. The number of likely N-dealkylation sites (N-methyl/N-ethyl adjacent to an activating group) is 1. The summed E-state index contributed by atoms with van der Waals surface area (Å²) in [4.78, 5) is 0. The van der Waals surface area contributed by atoms with E-state index in [0.29, 0.717) is 16.6 Å². The van der Waals surface area contributed by atoms with Crippen LogP contribution in [0.4, 0.5) is 0 Å². The van der Waals surface area contributed by atoms with Gasteiger partial charge in [-0.25, -0.2) is 0 Å². The van der Waals surface area contributed by atoms with E-state index in [9.17, 15) is 5.21 Å². The van der Waals surface area contributed by atoms with Crippen LogP contribution in [0.25, 0.3) is 0 Å². The minimum absolute atomic E-state index is 0.0618. The van der Waals surface area contributed by atoms with Gasteiger partial charge in [0, 0.05) is 16.2 Å². The molecule has 0 aromatic carbocycles. The minimum Gasteiger partial charge on any atom is -0.629 e. The van der Waals surface area contributed by atoms with Crippen LogP contribution in [0.5, 0.6) is 0 Å². The van der Waals surface area contributed by atoms with Crippen LogP contribution in [0, 0.1) is 10.6 Å². The fourth-order valence-electron chi connectivity index (χ4n) is 1.68. The average Bonchev–Trinajstić information content (AvgIpc) is 2.38. The maximum atomic E-state index is 11.2. The average molecular weight is 377 g/mol. The number of allylic oxidation sites excluding steroid dienone is 1. The summed E-state index contributed by atoms with van der Waals surface area (Å²) in [5.74, 6) is 0. The molecule has 4 N–H and O–H groups in total. The number of hydroxylamine groups is 2. The highest BCUT2D eigenvalue weighted by Crippen LogP contribution is 2.12. The Labute approximate surface area is 127 Å². The zero-order valence-electron chi connectivity index (χ0n) is 11.1. The normalized spacial score (nSPS) is 24.1. The van der Waals surface area contributed by atoms with Gasteiger partial charge in [0.05, 0.1) is 13.1 Å². The van der Waals surface area contributed by atoms with Crippen molar-refractivity contribution in [2.75, 3.05) is 11.5 Å². The number of hydrogen-bond acceptors (Lipinski definition) is 5. The van der Waals surface area contributed by atoms with Gasteiger partial charge in [0.15, 0.2) is 0 Å². The molecule has 0 aliphatic heterocycles. The first-order valence-electron chi connectivity index (χ1n) is 6.13. The Kier molecular flexibility index (Phi) is 6.76. The number of nitrogens with two attached hydrogens (primary N) is 1. The van der Waals surface area contributed by atoms with Gasteiger partial charge >= 0.3 is 0 Å². The largest absolute Gasteiger partial charge is 0.629 e. The molecule has 4 unspecified atom stereocenters. The van der Waals surface area contributed by atoms with E-state index in [1.165, 1.54) is 0 Å². The smallest absolute Gasteiger partial charge is 0.126 e. The molecule has 0 amide bonds. The second-order valence-corrected chi connectivity index (χ2v) is 5.33. The lowest BCUT2D eigenvalue weighted by molar-refractivity contribution is -0.779. The fourth-order valence-corrected chi connectivity index (χ4v) is 2.14. The monoisotopic (exact) mass is 377 g/mol. The third-order valence-electron chi connectivity index (χ3n) is 2.82. The summed E-state index contributed by atoms with van der Waals surface area (Å²) in [7, 11) is 1.55. The third kappa shape index (κ3) is 5.09. The highest BCUT2D eigenvalue weighted by Gasteiger charge is 2.18. The molecular formula is C12H20IN5O. The summed E-state index contributed by atoms with van der Waals surface area (Å²) in [6, 6.07) is -0.642. The molecule has 0 aromatic heterocycles. The van der Waals surface area contributed by atoms with Gasteiger partial charge in [-0.2, -0.15) is 10.2 Å². The van der Waals surface area contributed by atoms with E-state index in [1.54, 1.807) is 13.1 Å². The quantitative estimate of drug-likeness (QED) is 0.210. The molecule has 1 rings (SSSR count). The number of quaternary nitrogens is 1. The predicted octanol–water partition coefficient (Wildman–Crippen LogP) is 0.834. The van der Waals surface area contributed by atoms with Crippen molar-refractivity contribution in [3.63, 3.8) is 0 Å². The van der Waals surface area contributed by atoms with E-state index in [1.807, 2.05) is 19.1 Å². The van der Waals surface area contributed by atoms with Crippen LogP contribution in [0.3, 0.4) is 0 Å². The Morgan fingerprint density at radius 2 is 2.42 bits per heavy atom. The van der Waals surface area contributed by atoms with Gasteiger partial charge in [-0.1, -0.05) is 28.7 Å². The molecule has 0 fully saturated rings. The Balaban J connectivity index is 2.63. The van der Waals surface area contributed by atoms with Crippen molar-refractivity contribution in [3.8, 4) is 0 Å². The van der Waals surface area contributed by atoms with Gasteiger partial charge in [-0.3, -0.25) is 0 Å². The molecule has 19 heavy (non-hydrogen) atoms. The van der Waals surface area contributed by atoms with Crippen molar-refractivity contribution < 1.29 is 5.06 Å². The number of alkyl halides is 1. The van der Waals surface area contributed by atoms with E-state index < -0.39 is 0 Å².